The second-order valence-corrected chi connectivity index (χ2v) is 3.94. The van der Waals surface area contributed by atoms with E-state index < -0.39 is 0 Å². The Labute approximate surface area is 102 Å². The van der Waals surface area contributed by atoms with Crippen LogP contribution in [0, 0.1) is 5.82 Å². The van der Waals surface area contributed by atoms with E-state index in [9.17, 15) is 4.39 Å². The first kappa shape index (κ1) is 13.7. The molecule has 5 heteroatoms. The minimum absolute atomic E-state index is 0.263. The van der Waals surface area contributed by atoms with Crippen molar-refractivity contribution in [2.45, 2.75) is 40.2 Å². The van der Waals surface area contributed by atoms with Crippen LogP contribution < -0.4 is 10.2 Å². The smallest absolute Gasteiger partial charge is 0.224 e. The molecule has 0 aliphatic carbocycles. The zero-order chi connectivity index (χ0) is 12.8. The number of hydrogen-bond acceptors (Lipinski definition) is 4. The minimum atomic E-state index is -0.367. The fraction of sp³-hybridized carbons (Fsp3) is 0.667. The minimum Gasteiger partial charge on any atom is -0.354 e. The molecule has 0 aromatic carbocycles. The van der Waals surface area contributed by atoms with Gasteiger partial charge in [-0.3, -0.25) is 0 Å². The maximum Gasteiger partial charge on any atom is 0.224 e. The standard InChI is InChI=1S/C12H21FN4/c1-5-9(4)17(7-3)11-10(13)8-15-12(16-11)14-6-2/h8-9H,5-7H2,1-4H3,(H,14,15,16). The summed E-state index contributed by atoms with van der Waals surface area (Å²) in [7, 11) is 0. The molecule has 0 saturated heterocycles. The van der Waals surface area contributed by atoms with Gasteiger partial charge in [0.25, 0.3) is 0 Å². The van der Waals surface area contributed by atoms with Crippen LogP contribution >= 0.6 is 0 Å². The normalized spacial score (nSPS) is 12.3. The van der Waals surface area contributed by atoms with Gasteiger partial charge in [-0.2, -0.15) is 4.98 Å². The van der Waals surface area contributed by atoms with E-state index in [2.05, 4.69) is 29.1 Å². The van der Waals surface area contributed by atoms with Crippen molar-refractivity contribution in [3.05, 3.63) is 12.0 Å². The van der Waals surface area contributed by atoms with Crippen LogP contribution in [0.3, 0.4) is 0 Å². The van der Waals surface area contributed by atoms with Crippen molar-refractivity contribution in [3.8, 4) is 0 Å². The van der Waals surface area contributed by atoms with Gasteiger partial charge >= 0.3 is 0 Å². The zero-order valence-corrected chi connectivity index (χ0v) is 11.0. The molecule has 1 unspecified atom stereocenters. The molecule has 96 valence electrons. The first-order valence-corrected chi connectivity index (χ1v) is 6.17. The Bertz CT molecular complexity index is 356. The summed E-state index contributed by atoms with van der Waals surface area (Å²) in [5.41, 5.74) is 0. The van der Waals surface area contributed by atoms with Crippen molar-refractivity contribution in [2.24, 2.45) is 0 Å². The molecule has 1 N–H and O–H groups in total. The molecule has 0 amide bonds. The van der Waals surface area contributed by atoms with Gasteiger partial charge in [-0.1, -0.05) is 6.92 Å². The first-order valence-electron chi connectivity index (χ1n) is 6.17. The fourth-order valence-corrected chi connectivity index (χ4v) is 1.69. The highest BCUT2D eigenvalue weighted by Gasteiger charge is 2.17. The van der Waals surface area contributed by atoms with Gasteiger partial charge in [-0.15, -0.1) is 0 Å². The van der Waals surface area contributed by atoms with Crippen LogP contribution in [-0.4, -0.2) is 29.1 Å². The van der Waals surface area contributed by atoms with Crippen LogP contribution in [-0.2, 0) is 0 Å². The molecule has 0 saturated carbocycles. The molecule has 0 aliphatic heterocycles. The average molecular weight is 240 g/mol. The van der Waals surface area contributed by atoms with Gasteiger partial charge < -0.3 is 10.2 Å². The third-order valence-electron chi connectivity index (χ3n) is 2.80. The Kier molecular flexibility index (Phi) is 5.12. The summed E-state index contributed by atoms with van der Waals surface area (Å²) in [6, 6.07) is 0.263. The lowest BCUT2D eigenvalue weighted by molar-refractivity contribution is 0.569. The molecule has 0 fully saturated rings. The van der Waals surface area contributed by atoms with Crippen LogP contribution in [0.15, 0.2) is 6.20 Å². The van der Waals surface area contributed by atoms with Crippen LogP contribution in [0.1, 0.15) is 34.1 Å². The van der Waals surface area contributed by atoms with Crippen molar-refractivity contribution >= 4 is 11.8 Å². The van der Waals surface area contributed by atoms with E-state index in [0.717, 1.165) is 19.5 Å². The Morgan fingerprint density at radius 2 is 2.12 bits per heavy atom. The summed E-state index contributed by atoms with van der Waals surface area (Å²) in [5, 5.41) is 3.00. The summed E-state index contributed by atoms with van der Waals surface area (Å²) in [4.78, 5) is 10.1. The third kappa shape index (κ3) is 3.28. The van der Waals surface area contributed by atoms with Crippen molar-refractivity contribution in [1.29, 1.82) is 0 Å². The molecule has 0 spiro atoms. The maximum atomic E-state index is 13.7. The molecule has 0 radical (unpaired) electrons. The van der Waals surface area contributed by atoms with E-state index in [0.29, 0.717) is 11.8 Å². The number of nitrogens with one attached hydrogen (secondary N) is 1. The number of rotatable bonds is 6. The monoisotopic (exact) mass is 240 g/mol. The Balaban J connectivity index is 3.04. The molecule has 1 rings (SSSR count). The number of aromatic nitrogens is 2. The van der Waals surface area contributed by atoms with E-state index in [1.807, 2.05) is 18.7 Å². The van der Waals surface area contributed by atoms with Crippen LogP contribution in [0.4, 0.5) is 16.2 Å². The third-order valence-corrected chi connectivity index (χ3v) is 2.80. The predicted molar refractivity (Wildman–Crippen MR) is 68.9 cm³/mol. The van der Waals surface area contributed by atoms with Crippen molar-refractivity contribution in [1.82, 2.24) is 9.97 Å². The lowest BCUT2D eigenvalue weighted by atomic mass is 10.2. The van der Waals surface area contributed by atoms with Crippen LogP contribution in [0.2, 0.25) is 0 Å². The largest absolute Gasteiger partial charge is 0.354 e. The molecule has 1 atom stereocenters. The van der Waals surface area contributed by atoms with Gasteiger partial charge in [0.1, 0.15) is 0 Å². The molecule has 0 aliphatic rings. The van der Waals surface area contributed by atoms with Crippen LogP contribution in [0.25, 0.3) is 0 Å². The molecular weight excluding hydrogens is 219 g/mol. The molecule has 4 nitrogen and oxygen atoms in total. The summed E-state index contributed by atoms with van der Waals surface area (Å²) < 4.78 is 13.7. The highest BCUT2D eigenvalue weighted by molar-refractivity contribution is 5.44. The maximum absolute atomic E-state index is 13.7. The second kappa shape index (κ2) is 6.37. The van der Waals surface area contributed by atoms with Gasteiger partial charge in [0.2, 0.25) is 5.95 Å². The number of anilines is 2. The SMILES string of the molecule is CCNc1ncc(F)c(N(CC)C(C)CC)n1. The van der Waals surface area contributed by atoms with E-state index in [1.54, 1.807) is 0 Å². The Morgan fingerprint density at radius 1 is 1.41 bits per heavy atom. The van der Waals surface area contributed by atoms with E-state index in [1.165, 1.54) is 6.20 Å². The molecule has 1 aromatic heterocycles. The molecular formula is C12H21FN4. The van der Waals surface area contributed by atoms with Crippen molar-refractivity contribution < 1.29 is 4.39 Å². The van der Waals surface area contributed by atoms with Gasteiger partial charge in [0.05, 0.1) is 6.20 Å². The number of nitrogens with zero attached hydrogens (tertiary/aromatic N) is 3. The van der Waals surface area contributed by atoms with E-state index in [-0.39, 0.29) is 11.9 Å². The molecule has 1 aromatic rings. The zero-order valence-electron chi connectivity index (χ0n) is 11.0. The van der Waals surface area contributed by atoms with Crippen molar-refractivity contribution in [3.63, 3.8) is 0 Å². The topological polar surface area (TPSA) is 41.1 Å². The predicted octanol–water partition coefficient (Wildman–Crippen LogP) is 2.67. The fourth-order valence-electron chi connectivity index (χ4n) is 1.69. The van der Waals surface area contributed by atoms with Crippen LogP contribution in [0.5, 0.6) is 0 Å². The summed E-state index contributed by atoms with van der Waals surface area (Å²) in [6.45, 7) is 9.56. The van der Waals surface area contributed by atoms with E-state index >= 15 is 0 Å². The Morgan fingerprint density at radius 3 is 2.65 bits per heavy atom. The van der Waals surface area contributed by atoms with Gasteiger partial charge in [-0.05, 0) is 27.2 Å². The molecule has 0 bridgehead atoms. The number of halogens is 1. The second-order valence-electron chi connectivity index (χ2n) is 3.94. The van der Waals surface area contributed by atoms with Gasteiger partial charge in [-0.25, -0.2) is 9.37 Å². The first-order chi connectivity index (χ1) is 8.13. The van der Waals surface area contributed by atoms with Crippen molar-refractivity contribution in [2.75, 3.05) is 23.3 Å². The van der Waals surface area contributed by atoms with E-state index in [4.69, 9.17) is 0 Å². The number of hydrogen-bond donors (Lipinski definition) is 1. The highest BCUT2D eigenvalue weighted by Crippen LogP contribution is 2.20. The average Bonchev–Trinajstić information content (AvgIpc) is 2.34. The lowest BCUT2D eigenvalue weighted by Gasteiger charge is -2.28. The van der Waals surface area contributed by atoms with Gasteiger partial charge in [0, 0.05) is 19.1 Å². The molecule has 17 heavy (non-hydrogen) atoms. The highest BCUT2D eigenvalue weighted by atomic mass is 19.1. The lowest BCUT2D eigenvalue weighted by Crippen LogP contribution is -2.34. The molecule has 1 heterocycles. The summed E-state index contributed by atoms with van der Waals surface area (Å²) in [5.74, 6) is 0.493. The summed E-state index contributed by atoms with van der Waals surface area (Å²) in [6.07, 6.45) is 2.18. The van der Waals surface area contributed by atoms with Gasteiger partial charge in [0.15, 0.2) is 11.6 Å². The quantitative estimate of drug-likeness (QED) is 0.830. The Hall–Kier alpha value is -1.39. The summed E-state index contributed by atoms with van der Waals surface area (Å²) >= 11 is 0.